The van der Waals surface area contributed by atoms with Crippen molar-refractivity contribution in [1.29, 1.82) is 0 Å². The van der Waals surface area contributed by atoms with Gasteiger partial charge in [-0.15, -0.1) is 0 Å². The van der Waals surface area contributed by atoms with Gasteiger partial charge in [0.25, 0.3) is 11.4 Å². The zero-order valence-electron chi connectivity index (χ0n) is 16.8. The standard InChI is InChI=1S/C24H17ClN4O2/c1-14-10-11-16(12-15(14)2)22-26-23(31-28-22)21-19-8-3-4-9-20(19)24(30)29(27-21)18-7-5-6-17(25)13-18/h3-13H,1-2H3. The molecular weight excluding hydrogens is 412 g/mol. The van der Waals surface area contributed by atoms with Gasteiger partial charge in [0.1, 0.15) is 0 Å². The minimum Gasteiger partial charge on any atom is -0.332 e. The molecule has 5 aromatic rings. The Bertz CT molecular complexity index is 1500. The average molecular weight is 429 g/mol. The molecule has 0 aliphatic carbocycles. The quantitative estimate of drug-likeness (QED) is 0.386. The molecule has 3 aromatic carbocycles. The number of nitrogens with zero attached hydrogens (tertiary/aromatic N) is 4. The van der Waals surface area contributed by atoms with Crippen LogP contribution in [-0.4, -0.2) is 19.9 Å². The Morgan fingerprint density at radius 2 is 1.71 bits per heavy atom. The molecule has 0 amide bonds. The van der Waals surface area contributed by atoms with Gasteiger partial charge in [0.05, 0.1) is 11.1 Å². The average Bonchev–Trinajstić information content (AvgIpc) is 3.26. The van der Waals surface area contributed by atoms with Crippen molar-refractivity contribution in [3.63, 3.8) is 0 Å². The van der Waals surface area contributed by atoms with Crippen molar-refractivity contribution in [2.45, 2.75) is 13.8 Å². The summed E-state index contributed by atoms with van der Waals surface area (Å²) in [6.45, 7) is 4.09. The third-order valence-corrected chi connectivity index (χ3v) is 5.49. The molecule has 0 fully saturated rings. The van der Waals surface area contributed by atoms with Crippen LogP contribution in [0.15, 0.2) is 76.0 Å². The van der Waals surface area contributed by atoms with Crippen LogP contribution in [0.2, 0.25) is 5.02 Å². The van der Waals surface area contributed by atoms with E-state index in [2.05, 4.69) is 22.2 Å². The number of fused-ring (bicyclic) bond motifs is 1. The fourth-order valence-electron chi connectivity index (χ4n) is 3.45. The summed E-state index contributed by atoms with van der Waals surface area (Å²) in [6.07, 6.45) is 0. The summed E-state index contributed by atoms with van der Waals surface area (Å²) in [6, 6.07) is 20.2. The summed E-state index contributed by atoms with van der Waals surface area (Å²) in [5.41, 5.74) is 3.91. The first-order valence-corrected chi connectivity index (χ1v) is 10.1. The Morgan fingerprint density at radius 3 is 2.48 bits per heavy atom. The maximum atomic E-state index is 13.1. The third kappa shape index (κ3) is 3.41. The first-order valence-electron chi connectivity index (χ1n) is 9.71. The van der Waals surface area contributed by atoms with Crippen molar-refractivity contribution in [2.75, 3.05) is 0 Å². The van der Waals surface area contributed by atoms with Crippen LogP contribution >= 0.6 is 11.6 Å². The zero-order valence-corrected chi connectivity index (χ0v) is 17.6. The molecule has 5 rings (SSSR count). The normalized spacial score (nSPS) is 11.2. The Hall–Kier alpha value is -3.77. The highest BCUT2D eigenvalue weighted by Gasteiger charge is 2.19. The molecular formula is C24H17ClN4O2. The summed E-state index contributed by atoms with van der Waals surface area (Å²) >= 11 is 6.13. The zero-order chi connectivity index (χ0) is 21.5. The Morgan fingerprint density at radius 1 is 0.903 bits per heavy atom. The first-order chi connectivity index (χ1) is 15.0. The lowest BCUT2D eigenvalue weighted by atomic mass is 10.1. The summed E-state index contributed by atoms with van der Waals surface area (Å²) < 4.78 is 6.88. The summed E-state index contributed by atoms with van der Waals surface area (Å²) in [5.74, 6) is 0.699. The predicted molar refractivity (Wildman–Crippen MR) is 121 cm³/mol. The van der Waals surface area contributed by atoms with Crippen molar-refractivity contribution in [3.8, 4) is 28.7 Å². The van der Waals surface area contributed by atoms with Crippen LogP contribution in [0.5, 0.6) is 0 Å². The molecule has 0 aliphatic rings. The van der Waals surface area contributed by atoms with Crippen LogP contribution in [0.3, 0.4) is 0 Å². The Kier molecular flexibility index (Phi) is 4.64. The van der Waals surface area contributed by atoms with E-state index in [1.54, 1.807) is 30.3 Å². The monoisotopic (exact) mass is 428 g/mol. The van der Waals surface area contributed by atoms with Crippen molar-refractivity contribution < 1.29 is 4.52 Å². The first kappa shape index (κ1) is 19.2. The van der Waals surface area contributed by atoms with Crippen LogP contribution in [0.25, 0.3) is 39.4 Å². The number of halogens is 1. The molecule has 0 saturated carbocycles. The van der Waals surface area contributed by atoms with E-state index in [-0.39, 0.29) is 11.4 Å². The van der Waals surface area contributed by atoms with Gasteiger partial charge in [0, 0.05) is 16.0 Å². The predicted octanol–water partition coefficient (Wildman–Crippen LogP) is 5.37. The molecule has 0 saturated heterocycles. The topological polar surface area (TPSA) is 73.8 Å². The van der Waals surface area contributed by atoms with Gasteiger partial charge in [-0.05, 0) is 55.3 Å². The van der Waals surface area contributed by atoms with Gasteiger partial charge in [-0.1, -0.05) is 53.2 Å². The minimum atomic E-state index is -0.254. The number of hydrogen-bond donors (Lipinski definition) is 0. The lowest BCUT2D eigenvalue weighted by molar-refractivity contribution is 0.430. The summed E-state index contributed by atoms with van der Waals surface area (Å²) in [5, 5.41) is 10.4. The van der Waals surface area contributed by atoms with Crippen LogP contribution in [0.4, 0.5) is 0 Å². The van der Waals surface area contributed by atoms with Crippen LogP contribution < -0.4 is 5.56 Å². The van der Waals surface area contributed by atoms with E-state index < -0.39 is 0 Å². The molecule has 0 radical (unpaired) electrons. The van der Waals surface area contributed by atoms with Gasteiger partial charge in [-0.25, -0.2) is 0 Å². The SMILES string of the molecule is Cc1ccc(-c2noc(-c3nn(-c4cccc(Cl)c4)c(=O)c4ccccc34)n2)cc1C. The van der Waals surface area contributed by atoms with Crippen molar-refractivity contribution in [2.24, 2.45) is 0 Å². The van der Waals surface area contributed by atoms with E-state index in [0.29, 0.717) is 33.0 Å². The van der Waals surface area contributed by atoms with Gasteiger partial charge in [0.15, 0.2) is 5.69 Å². The number of aromatic nitrogens is 4. The molecule has 0 N–H and O–H groups in total. The maximum absolute atomic E-state index is 13.1. The van der Waals surface area contributed by atoms with Crippen LogP contribution in [-0.2, 0) is 0 Å². The largest absolute Gasteiger partial charge is 0.332 e. The van der Waals surface area contributed by atoms with Gasteiger partial charge in [-0.3, -0.25) is 4.79 Å². The van der Waals surface area contributed by atoms with E-state index in [4.69, 9.17) is 16.1 Å². The fraction of sp³-hybridized carbons (Fsp3) is 0.0833. The molecule has 0 spiro atoms. The van der Waals surface area contributed by atoms with Gasteiger partial charge >= 0.3 is 0 Å². The molecule has 31 heavy (non-hydrogen) atoms. The molecule has 152 valence electrons. The molecule has 0 unspecified atom stereocenters. The highest BCUT2D eigenvalue weighted by atomic mass is 35.5. The smallest absolute Gasteiger partial charge is 0.279 e. The molecule has 0 atom stereocenters. The van der Waals surface area contributed by atoms with Gasteiger partial charge < -0.3 is 4.52 Å². The van der Waals surface area contributed by atoms with Gasteiger partial charge in [0.2, 0.25) is 5.82 Å². The van der Waals surface area contributed by atoms with Crippen LogP contribution in [0, 0.1) is 13.8 Å². The molecule has 2 heterocycles. The molecule has 0 aliphatic heterocycles. The number of hydrogen-bond acceptors (Lipinski definition) is 5. The second-order valence-corrected chi connectivity index (χ2v) is 7.75. The number of rotatable bonds is 3. The lowest BCUT2D eigenvalue weighted by Crippen LogP contribution is -2.22. The highest BCUT2D eigenvalue weighted by molar-refractivity contribution is 6.30. The maximum Gasteiger partial charge on any atom is 0.279 e. The fourth-order valence-corrected chi connectivity index (χ4v) is 3.63. The second-order valence-electron chi connectivity index (χ2n) is 7.31. The van der Waals surface area contributed by atoms with E-state index >= 15 is 0 Å². The number of benzene rings is 3. The summed E-state index contributed by atoms with van der Waals surface area (Å²) in [7, 11) is 0. The van der Waals surface area contributed by atoms with E-state index in [9.17, 15) is 4.79 Å². The summed E-state index contributed by atoms with van der Waals surface area (Å²) in [4.78, 5) is 17.7. The lowest BCUT2D eigenvalue weighted by Gasteiger charge is -2.09. The Labute approximate surface area is 182 Å². The van der Waals surface area contributed by atoms with Gasteiger partial charge in [-0.2, -0.15) is 14.8 Å². The van der Waals surface area contributed by atoms with Crippen LogP contribution in [0.1, 0.15) is 11.1 Å². The minimum absolute atomic E-state index is 0.236. The Balaban J connectivity index is 1.72. The molecule has 0 bridgehead atoms. The van der Waals surface area contributed by atoms with Crippen molar-refractivity contribution in [1.82, 2.24) is 19.9 Å². The molecule has 6 nitrogen and oxygen atoms in total. The van der Waals surface area contributed by atoms with E-state index in [1.165, 1.54) is 10.2 Å². The molecule has 7 heteroatoms. The van der Waals surface area contributed by atoms with Crippen molar-refractivity contribution >= 4 is 22.4 Å². The van der Waals surface area contributed by atoms with E-state index in [0.717, 1.165) is 11.1 Å². The molecule has 2 aromatic heterocycles. The second kappa shape index (κ2) is 7.49. The highest BCUT2D eigenvalue weighted by Crippen LogP contribution is 2.27. The third-order valence-electron chi connectivity index (χ3n) is 5.25. The van der Waals surface area contributed by atoms with Crippen molar-refractivity contribution in [3.05, 3.63) is 93.2 Å². The number of aryl methyl sites for hydroxylation is 2. The van der Waals surface area contributed by atoms with E-state index in [1.807, 2.05) is 43.3 Å².